The van der Waals surface area contributed by atoms with Crippen LogP contribution in [0, 0.1) is 17.2 Å². The quantitative estimate of drug-likeness (QED) is 0.259. The molecule has 0 radical (unpaired) electrons. The number of anilines is 1. The van der Waals surface area contributed by atoms with Crippen molar-refractivity contribution in [3.05, 3.63) is 78.8 Å². The van der Waals surface area contributed by atoms with Gasteiger partial charge >= 0.3 is 0 Å². The Balaban J connectivity index is 1.44. The summed E-state index contributed by atoms with van der Waals surface area (Å²) in [4.78, 5) is 23.8. The number of hydrogen-bond donors (Lipinski definition) is 1. The van der Waals surface area contributed by atoms with E-state index >= 15 is 0 Å². The van der Waals surface area contributed by atoms with Crippen molar-refractivity contribution in [2.45, 2.75) is 39.3 Å². The molecule has 2 N–H and O–H groups in total. The van der Waals surface area contributed by atoms with E-state index in [2.05, 4.69) is 16.0 Å². The number of allylic oxidation sites excluding steroid dienone is 1. The summed E-state index contributed by atoms with van der Waals surface area (Å²) in [7, 11) is 0. The number of carbonyl (C=O) groups is 1. The Morgan fingerprint density at radius 1 is 1.16 bits per heavy atom. The van der Waals surface area contributed by atoms with Crippen molar-refractivity contribution >= 4 is 22.8 Å². The molecule has 4 aromatic rings. The molecular formula is C30H30N6O2. The van der Waals surface area contributed by atoms with Gasteiger partial charge in [-0.3, -0.25) is 4.79 Å². The lowest BCUT2D eigenvalue weighted by molar-refractivity contribution is -0.127. The van der Waals surface area contributed by atoms with Crippen LogP contribution in [-0.4, -0.2) is 37.9 Å². The summed E-state index contributed by atoms with van der Waals surface area (Å²) in [6.45, 7) is 5.11. The summed E-state index contributed by atoms with van der Waals surface area (Å²) in [6, 6.07) is 19.5. The lowest BCUT2D eigenvalue weighted by Crippen LogP contribution is -2.38. The standard InChI is InChI=1S/C30H30N6O2/c1-20(2)15-22(16-31)30(37)36-14-6-7-23(36)17-35-18-26(27-28(32)33-19-34-29(27)35)21-10-12-25(13-11-21)38-24-8-4-3-5-9-24/h3-5,8-13,15,18-20,23H,6-7,14,17H2,1-2H3,(H2,32,33,34). The van der Waals surface area contributed by atoms with Crippen molar-refractivity contribution in [1.29, 1.82) is 5.26 Å². The Hall–Kier alpha value is -4.64. The van der Waals surface area contributed by atoms with Crippen molar-refractivity contribution in [1.82, 2.24) is 19.4 Å². The first-order valence-corrected chi connectivity index (χ1v) is 12.8. The van der Waals surface area contributed by atoms with Crippen LogP contribution in [-0.2, 0) is 11.3 Å². The van der Waals surface area contributed by atoms with Crippen LogP contribution in [0.15, 0.2) is 78.8 Å². The maximum atomic E-state index is 13.2. The molecular weight excluding hydrogens is 476 g/mol. The van der Waals surface area contributed by atoms with Gasteiger partial charge in [-0.05, 0) is 48.6 Å². The summed E-state index contributed by atoms with van der Waals surface area (Å²) >= 11 is 0. The minimum absolute atomic E-state index is 0.0484. The minimum atomic E-state index is -0.205. The van der Waals surface area contributed by atoms with Gasteiger partial charge in [0.05, 0.1) is 11.4 Å². The Kier molecular flexibility index (Phi) is 7.09. The molecule has 192 valence electrons. The normalized spacial score (nSPS) is 15.7. The summed E-state index contributed by atoms with van der Waals surface area (Å²) in [5.41, 5.74) is 9.13. The predicted molar refractivity (Wildman–Crippen MR) is 147 cm³/mol. The zero-order valence-electron chi connectivity index (χ0n) is 21.5. The Morgan fingerprint density at radius 3 is 2.61 bits per heavy atom. The van der Waals surface area contributed by atoms with Crippen LogP contribution in [0.25, 0.3) is 22.2 Å². The molecule has 1 aliphatic heterocycles. The molecule has 1 fully saturated rings. The third-order valence-electron chi connectivity index (χ3n) is 6.72. The summed E-state index contributed by atoms with van der Waals surface area (Å²) < 4.78 is 7.99. The third-order valence-corrected chi connectivity index (χ3v) is 6.72. The van der Waals surface area contributed by atoms with Gasteiger partial charge in [-0.1, -0.05) is 50.3 Å². The molecule has 5 rings (SSSR count). The predicted octanol–water partition coefficient (Wildman–Crippen LogP) is 5.57. The average Bonchev–Trinajstić information content (AvgIpc) is 3.54. The first-order chi connectivity index (χ1) is 18.4. The monoisotopic (exact) mass is 506 g/mol. The molecule has 38 heavy (non-hydrogen) atoms. The molecule has 1 unspecified atom stereocenters. The van der Waals surface area contributed by atoms with Gasteiger partial charge < -0.3 is 19.9 Å². The van der Waals surface area contributed by atoms with E-state index in [1.165, 1.54) is 6.33 Å². The van der Waals surface area contributed by atoms with Crippen LogP contribution >= 0.6 is 0 Å². The molecule has 2 aromatic carbocycles. The molecule has 1 saturated heterocycles. The highest BCUT2D eigenvalue weighted by molar-refractivity contribution is 6.01. The number of likely N-dealkylation sites (tertiary alicyclic amines) is 1. The number of carbonyl (C=O) groups excluding carboxylic acids is 1. The van der Waals surface area contributed by atoms with Gasteiger partial charge in [0.1, 0.15) is 40.9 Å². The third kappa shape index (κ3) is 5.09. The number of amides is 1. The SMILES string of the molecule is CC(C)C=C(C#N)C(=O)N1CCCC1Cn1cc(-c2ccc(Oc3ccccc3)cc2)c2c(N)ncnc21. The van der Waals surface area contributed by atoms with Crippen LogP contribution in [0.4, 0.5) is 5.82 Å². The van der Waals surface area contributed by atoms with Gasteiger partial charge in [0.25, 0.3) is 5.91 Å². The summed E-state index contributed by atoms with van der Waals surface area (Å²) in [5, 5.41) is 10.3. The van der Waals surface area contributed by atoms with E-state index in [0.717, 1.165) is 46.5 Å². The number of benzene rings is 2. The van der Waals surface area contributed by atoms with E-state index in [4.69, 9.17) is 10.5 Å². The van der Waals surface area contributed by atoms with Crippen molar-refractivity contribution in [2.24, 2.45) is 5.92 Å². The molecule has 0 bridgehead atoms. The fraction of sp³-hybridized carbons (Fsp3) is 0.267. The lowest BCUT2D eigenvalue weighted by Gasteiger charge is -2.25. The highest BCUT2D eigenvalue weighted by atomic mass is 16.5. The van der Waals surface area contributed by atoms with Crippen LogP contribution in [0.5, 0.6) is 11.5 Å². The largest absolute Gasteiger partial charge is 0.457 e. The van der Waals surface area contributed by atoms with E-state index < -0.39 is 0 Å². The molecule has 1 aliphatic rings. The highest BCUT2D eigenvalue weighted by Gasteiger charge is 2.31. The zero-order chi connectivity index (χ0) is 26.6. The molecule has 2 aromatic heterocycles. The van der Waals surface area contributed by atoms with Crippen LogP contribution in [0.2, 0.25) is 0 Å². The Bertz CT molecular complexity index is 1520. The number of ether oxygens (including phenoxy) is 1. The van der Waals surface area contributed by atoms with E-state index in [1.54, 1.807) is 6.08 Å². The number of para-hydroxylation sites is 1. The molecule has 8 nitrogen and oxygen atoms in total. The van der Waals surface area contributed by atoms with E-state index in [9.17, 15) is 10.1 Å². The number of fused-ring (bicyclic) bond motifs is 1. The number of aromatic nitrogens is 3. The van der Waals surface area contributed by atoms with E-state index in [0.29, 0.717) is 18.9 Å². The van der Waals surface area contributed by atoms with Gasteiger partial charge in [0, 0.05) is 24.8 Å². The molecule has 8 heteroatoms. The van der Waals surface area contributed by atoms with Crippen LogP contribution in [0.1, 0.15) is 26.7 Å². The summed E-state index contributed by atoms with van der Waals surface area (Å²) in [6.07, 6.45) is 6.97. The van der Waals surface area contributed by atoms with E-state index in [1.807, 2.05) is 84.1 Å². The molecule has 1 amide bonds. The number of hydrogen-bond acceptors (Lipinski definition) is 6. The smallest absolute Gasteiger partial charge is 0.264 e. The average molecular weight is 507 g/mol. The second-order valence-corrected chi connectivity index (χ2v) is 9.82. The Labute approximate surface area is 222 Å². The number of nitrogens with zero attached hydrogens (tertiary/aromatic N) is 5. The second-order valence-electron chi connectivity index (χ2n) is 9.82. The van der Waals surface area contributed by atoms with Crippen LogP contribution in [0.3, 0.4) is 0 Å². The van der Waals surface area contributed by atoms with Gasteiger partial charge in [-0.25, -0.2) is 9.97 Å². The lowest BCUT2D eigenvalue weighted by atomic mass is 10.1. The van der Waals surface area contributed by atoms with Crippen molar-refractivity contribution < 1.29 is 9.53 Å². The highest BCUT2D eigenvalue weighted by Crippen LogP contribution is 2.35. The first-order valence-electron chi connectivity index (χ1n) is 12.8. The number of nitrogens with two attached hydrogens (primary N) is 1. The van der Waals surface area contributed by atoms with Crippen molar-refractivity contribution in [2.75, 3.05) is 12.3 Å². The zero-order valence-corrected chi connectivity index (χ0v) is 21.5. The van der Waals surface area contributed by atoms with Gasteiger partial charge in [0.2, 0.25) is 0 Å². The fourth-order valence-electron chi connectivity index (χ4n) is 5.00. The number of nitriles is 1. The van der Waals surface area contributed by atoms with Gasteiger partial charge in [-0.15, -0.1) is 0 Å². The molecule has 0 saturated carbocycles. The maximum absolute atomic E-state index is 13.2. The maximum Gasteiger partial charge on any atom is 0.264 e. The van der Waals surface area contributed by atoms with Crippen LogP contribution < -0.4 is 10.5 Å². The molecule has 3 heterocycles. The Morgan fingerprint density at radius 2 is 1.89 bits per heavy atom. The van der Waals surface area contributed by atoms with Gasteiger partial charge in [0.15, 0.2) is 0 Å². The first kappa shape index (κ1) is 25.0. The fourth-order valence-corrected chi connectivity index (χ4v) is 5.00. The van der Waals surface area contributed by atoms with Gasteiger partial charge in [-0.2, -0.15) is 5.26 Å². The molecule has 1 atom stereocenters. The molecule has 0 aliphatic carbocycles. The van der Waals surface area contributed by atoms with Crippen molar-refractivity contribution in [3.63, 3.8) is 0 Å². The topological polar surface area (TPSA) is 110 Å². The number of nitrogen functional groups attached to an aromatic ring is 1. The van der Waals surface area contributed by atoms with E-state index in [-0.39, 0.29) is 23.4 Å². The van der Waals surface area contributed by atoms with Crippen molar-refractivity contribution in [3.8, 4) is 28.7 Å². The summed E-state index contributed by atoms with van der Waals surface area (Å²) in [5.74, 6) is 1.82. The molecule has 0 spiro atoms. The minimum Gasteiger partial charge on any atom is -0.457 e. The number of rotatable bonds is 7. The second kappa shape index (κ2) is 10.8.